The van der Waals surface area contributed by atoms with Gasteiger partial charge >= 0.3 is 5.97 Å². The molecule has 7 nitrogen and oxygen atoms in total. The number of carboxylic acid groups (broad SMARTS) is 1. The van der Waals surface area contributed by atoms with Crippen molar-refractivity contribution in [2.45, 2.75) is 33.2 Å². The maximum atomic E-state index is 13.0. The van der Waals surface area contributed by atoms with Gasteiger partial charge in [0.05, 0.1) is 5.69 Å². The molecule has 2 aromatic carbocycles. The summed E-state index contributed by atoms with van der Waals surface area (Å²) in [6, 6.07) is 17.1. The molecule has 0 bridgehead atoms. The quantitative estimate of drug-likeness (QED) is 0.665. The fourth-order valence-electron chi connectivity index (χ4n) is 3.19. The average Bonchev–Trinajstić information content (AvgIpc) is 3.09. The smallest absolute Gasteiger partial charge is 0.323 e. The lowest BCUT2D eigenvalue weighted by Crippen LogP contribution is -2.35. The number of carbonyl (C=O) groups excluding carboxylic acids is 1. The van der Waals surface area contributed by atoms with Crippen LogP contribution >= 0.6 is 0 Å². The largest absolute Gasteiger partial charge is 0.480 e. The molecule has 29 heavy (non-hydrogen) atoms. The number of carbonyl (C=O) groups is 2. The highest BCUT2D eigenvalue weighted by atomic mass is 16.4. The molecule has 0 spiro atoms. The summed E-state index contributed by atoms with van der Waals surface area (Å²) >= 11 is 0. The Morgan fingerprint density at radius 3 is 2.38 bits per heavy atom. The van der Waals surface area contributed by atoms with E-state index in [4.69, 9.17) is 0 Å². The molecule has 0 radical (unpaired) electrons. The molecule has 150 valence electrons. The van der Waals surface area contributed by atoms with Crippen molar-refractivity contribution in [1.82, 2.24) is 19.7 Å². The zero-order chi connectivity index (χ0) is 21.0. The topological polar surface area (TPSA) is 88.3 Å². The maximum Gasteiger partial charge on any atom is 0.323 e. The minimum Gasteiger partial charge on any atom is -0.480 e. The summed E-state index contributed by atoms with van der Waals surface area (Å²) in [4.78, 5) is 29.9. The lowest BCUT2D eigenvalue weighted by Gasteiger charge is -2.19. The molecule has 0 aliphatic carbocycles. The number of hydrogen-bond donors (Lipinski definition) is 1. The summed E-state index contributed by atoms with van der Waals surface area (Å²) in [5.41, 5.74) is 2.79. The zero-order valence-corrected chi connectivity index (χ0v) is 16.7. The van der Waals surface area contributed by atoms with Crippen molar-refractivity contribution in [2.75, 3.05) is 6.54 Å². The molecule has 0 aliphatic heterocycles. The normalized spacial score (nSPS) is 10.9. The molecular weight excluding hydrogens is 368 g/mol. The lowest BCUT2D eigenvalue weighted by atomic mass is 10.0. The van der Waals surface area contributed by atoms with Crippen LogP contribution in [0.4, 0.5) is 0 Å². The van der Waals surface area contributed by atoms with Crippen LogP contribution in [0.3, 0.4) is 0 Å². The number of nitrogens with zero attached hydrogens (tertiary/aromatic N) is 4. The van der Waals surface area contributed by atoms with Crippen molar-refractivity contribution in [3.8, 4) is 5.69 Å². The standard InChI is InChI=1S/C22H24N4O3/c1-15(2)18-11-7-8-12-19(18)26-16(3)23-21(24-26)22(29)25(14-20(27)28)13-17-9-5-4-6-10-17/h4-12,15H,13-14H2,1-3H3,(H,27,28). The first kappa shape index (κ1) is 20.3. The van der Waals surface area contributed by atoms with Gasteiger partial charge in [0.1, 0.15) is 12.4 Å². The summed E-state index contributed by atoms with van der Waals surface area (Å²) in [5.74, 6) is -0.777. The molecule has 0 atom stereocenters. The van der Waals surface area contributed by atoms with E-state index >= 15 is 0 Å². The minimum atomic E-state index is -1.09. The molecule has 0 fully saturated rings. The van der Waals surface area contributed by atoms with Gasteiger partial charge < -0.3 is 10.0 Å². The van der Waals surface area contributed by atoms with Crippen molar-refractivity contribution in [3.05, 3.63) is 77.4 Å². The van der Waals surface area contributed by atoms with Crippen molar-refractivity contribution in [1.29, 1.82) is 0 Å². The van der Waals surface area contributed by atoms with E-state index in [1.165, 1.54) is 4.90 Å². The third kappa shape index (κ3) is 4.68. The van der Waals surface area contributed by atoms with Crippen LogP contribution in [0.2, 0.25) is 0 Å². The van der Waals surface area contributed by atoms with Crippen LogP contribution < -0.4 is 0 Å². The van der Waals surface area contributed by atoms with Gasteiger partial charge in [0.15, 0.2) is 0 Å². The second kappa shape index (κ2) is 8.68. The van der Waals surface area contributed by atoms with E-state index in [9.17, 15) is 14.7 Å². The first-order chi connectivity index (χ1) is 13.9. The van der Waals surface area contributed by atoms with E-state index in [2.05, 4.69) is 23.9 Å². The van der Waals surface area contributed by atoms with Gasteiger partial charge in [-0.2, -0.15) is 0 Å². The van der Waals surface area contributed by atoms with E-state index in [0.717, 1.165) is 16.8 Å². The van der Waals surface area contributed by atoms with Gasteiger partial charge in [-0.15, -0.1) is 5.10 Å². The molecule has 1 N–H and O–H groups in total. The van der Waals surface area contributed by atoms with Crippen LogP contribution in [0.1, 0.15) is 47.3 Å². The molecule has 0 saturated heterocycles. The molecule has 3 aromatic rings. The number of aliphatic carboxylic acids is 1. The van der Waals surface area contributed by atoms with E-state index in [-0.39, 0.29) is 18.3 Å². The summed E-state index contributed by atoms with van der Waals surface area (Å²) in [5, 5.41) is 13.7. The second-order valence-electron chi connectivity index (χ2n) is 7.15. The van der Waals surface area contributed by atoms with Crippen LogP contribution in [0, 0.1) is 6.92 Å². The number of amides is 1. The number of para-hydroxylation sites is 1. The van der Waals surface area contributed by atoms with Gasteiger partial charge in [0.2, 0.25) is 5.82 Å². The maximum absolute atomic E-state index is 13.0. The van der Waals surface area contributed by atoms with E-state index in [1.54, 1.807) is 11.6 Å². The van der Waals surface area contributed by atoms with E-state index < -0.39 is 18.4 Å². The highest BCUT2D eigenvalue weighted by molar-refractivity contribution is 5.92. The summed E-state index contributed by atoms with van der Waals surface area (Å²) in [6.07, 6.45) is 0. The number of carboxylic acids is 1. The predicted molar refractivity (Wildman–Crippen MR) is 109 cm³/mol. The third-order valence-electron chi connectivity index (χ3n) is 4.58. The molecule has 0 saturated carbocycles. The molecule has 7 heteroatoms. The number of benzene rings is 2. The van der Waals surface area contributed by atoms with Gasteiger partial charge in [0.25, 0.3) is 5.91 Å². The van der Waals surface area contributed by atoms with Crippen LogP contribution in [0.15, 0.2) is 54.6 Å². The Kier molecular flexibility index (Phi) is 6.07. The Hall–Kier alpha value is -3.48. The molecule has 1 aromatic heterocycles. The van der Waals surface area contributed by atoms with Crippen LogP contribution in [-0.4, -0.2) is 43.2 Å². The molecule has 0 unspecified atom stereocenters. The number of rotatable bonds is 7. The zero-order valence-electron chi connectivity index (χ0n) is 16.7. The van der Waals surface area contributed by atoms with Gasteiger partial charge in [-0.25, -0.2) is 9.67 Å². The van der Waals surface area contributed by atoms with Crippen LogP contribution in [0.25, 0.3) is 5.69 Å². The Labute approximate surface area is 169 Å². The fraction of sp³-hybridized carbons (Fsp3) is 0.273. The highest BCUT2D eigenvalue weighted by Crippen LogP contribution is 2.23. The van der Waals surface area contributed by atoms with Crippen molar-refractivity contribution in [3.63, 3.8) is 0 Å². The van der Waals surface area contributed by atoms with Crippen molar-refractivity contribution in [2.24, 2.45) is 0 Å². The SMILES string of the molecule is Cc1nc(C(=O)N(CC(=O)O)Cc2ccccc2)nn1-c1ccccc1C(C)C. The molecule has 3 rings (SSSR count). The third-order valence-corrected chi connectivity index (χ3v) is 4.58. The summed E-state index contributed by atoms with van der Waals surface area (Å²) in [7, 11) is 0. The lowest BCUT2D eigenvalue weighted by molar-refractivity contribution is -0.137. The van der Waals surface area contributed by atoms with Gasteiger partial charge in [-0.05, 0) is 30.0 Å². The van der Waals surface area contributed by atoms with Gasteiger partial charge in [-0.3, -0.25) is 9.59 Å². The predicted octanol–water partition coefficient (Wildman–Crippen LogP) is 3.43. The van der Waals surface area contributed by atoms with Crippen LogP contribution in [0.5, 0.6) is 0 Å². The summed E-state index contributed by atoms with van der Waals surface area (Å²) < 4.78 is 1.64. The highest BCUT2D eigenvalue weighted by Gasteiger charge is 2.24. The van der Waals surface area contributed by atoms with E-state index in [0.29, 0.717) is 5.82 Å². The molecular formula is C22H24N4O3. The van der Waals surface area contributed by atoms with Gasteiger partial charge in [-0.1, -0.05) is 62.4 Å². The molecule has 1 amide bonds. The van der Waals surface area contributed by atoms with Gasteiger partial charge in [0, 0.05) is 6.54 Å². The number of hydrogen-bond acceptors (Lipinski definition) is 4. The Morgan fingerprint density at radius 1 is 1.07 bits per heavy atom. The molecule has 1 heterocycles. The number of aromatic nitrogens is 3. The Morgan fingerprint density at radius 2 is 1.72 bits per heavy atom. The second-order valence-corrected chi connectivity index (χ2v) is 7.15. The molecule has 0 aliphatic rings. The van der Waals surface area contributed by atoms with Crippen molar-refractivity contribution < 1.29 is 14.7 Å². The van der Waals surface area contributed by atoms with E-state index in [1.807, 2.05) is 54.6 Å². The van der Waals surface area contributed by atoms with Crippen LogP contribution in [-0.2, 0) is 11.3 Å². The monoisotopic (exact) mass is 392 g/mol. The fourth-order valence-corrected chi connectivity index (χ4v) is 3.19. The average molecular weight is 392 g/mol. The van der Waals surface area contributed by atoms with Crippen molar-refractivity contribution >= 4 is 11.9 Å². The Balaban J connectivity index is 1.94. The Bertz CT molecular complexity index is 1010. The first-order valence-electron chi connectivity index (χ1n) is 9.44. The number of aryl methyl sites for hydroxylation is 1. The minimum absolute atomic E-state index is 0.0155. The summed E-state index contributed by atoms with van der Waals surface area (Å²) in [6.45, 7) is 5.70. The first-order valence-corrected chi connectivity index (χ1v) is 9.44.